The fourth-order valence-electron chi connectivity index (χ4n) is 2.42. The highest BCUT2D eigenvalue weighted by atomic mass is 16.5. The van der Waals surface area contributed by atoms with Crippen molar-refractivity contribution in [1.29, 1.82) is 0 Å². The van der Waals surface area contributed by atoms with Crippen LogP contribution in [-0.2, 0) is 9.53 Å². The van der Waals surface area contributed by atoms with Gasteiger partial charge in [-0.25, -0.2) is 9.36 Å². The van der Waals surface area contributed by atoms with E-state index in [1.165, 1.54) is 17.7 Å². The molecule has 0 aromatic carbocycles. The average molecular weight is 321 g/mol. The molecule has 23 heavy (non-hydrogen) atoms. The standard InChI is InChI=1S/C13H15N5O5/c1-8-6-18(13(22)17(12(8)21)3-2-4-19)11-5-9(15-16-14)10(7-20)23-11/h2-4,6,9-11,20H,5,7H2,1H3/t9-,10+,11+/m0/s1. The molecule has 0 bridgehead atoms. The third kappa shape index (κ3) is 3.24. The summed E-state index contributed by atoms with van der Waals surface area (Å²) < 4.78 is 7.51. The van der Waals surface area contributed by atoms with Crippen molar-refractivity contribution in [3.8, 4) is 0 Å². The van der Waals surface area contributed by atoms with Crippen LogP contribution in [-0.4, -0.2) is 39.3 Å². The van der Waals surface area contributed by atoms with Gasteiger partial charge in [-0.05, 0) is 18.5 Å². The van der Waals surface area contributed by atoms with Crippen LogP contribution >= 0.6 is 0 Å². The van der Waals surface area contributed by atoms with Gasteiger partial charge in [0.2, 0.25) is 0 Å². The second kappa shape index (κ2) is 7.05. The second-order valence-corrected chi connectivity index (χ2v) is 4.97. The van der Waals surface area contributed by atoms with E-state index in [1.807, 2.05) is 0 Å². The first-order chi connectivity index (χ1) is 11.0. The number of carbonyl (C=O) groups is 1. The van der Waals surface area contributed by atoms with Gasteiger partial charge in [0.15, 0.2) is 0 Å². The van der Waals surface area contributed by atoms with E-state index in [4.69, 9.17) is 10.3 Å². The number of aldehydes is 1. The molecular formula is C13H15N5O5. The number of nitrogens with zero attached hydrogens (tertiary/aromatic N) is 5. The first-order valence-corrected chi connectivity index (χ1v) is 6.80. The van der Waals surface area contributed by atoms with Crippen LogP contribution in [0.2, 0.25) is 0 Å². The van der Waals surface area contributed by atoms with Crippen LogP contribution in [0.1, 0.15) is 18.2 Å². The number of aromatic nitrogens is 2. The number of carbonyl (C=O) groups excluding carboxylic acids is 1. The lowest BCUT2D eigenvalue weighted by Crippen LogP contribution is -2.39. The van der Waals surface area contributed by atoms with Crippen molar-refractivity contribution in [2.24, 2.45) is 5.11 Å². The summed E-state index contributed by atoms with van der Waals surface area (Å²) in [5.41, 5.74) is 7.57. The van der Waals surface area contributed by atoms with Gasteiger partial charge < -0.3 is 9.84 Å². The molecule has 1 aliphatic heterocycles. The maximum absolute atomic E-state index is 12.4. The summed E-state index contributed by atoms with van der Waals surface area (Å²) >= 11 is 0. The smallest absolute Gasteiger partial charge is 0.337 e. The quantitative estimate of drug-likeness (QED) is 0.266. The van der Waals surface area contributed by atoms with Crippen molar-refractivity contribution < 1.29 is 14.6 Å². The molecule has 10 nitrogen and oxygen atoms in total. The largest absolute Gasteiger partial charge is 0.394 e. The number of aliphatic hydroxyl groups is 1. The van der Waals surface area contributed by atoms with Crippen LogP contribution < -0.4 is 11.2 Å². The normalized spacial score (nSPS) is 23.8. The molecule has 2 heterocycles. The molecule has 122 valence electrons. The van der Waals surface area contributed by atoms with Crippen LogP contribution in [0.25, 0.3) is 16.6 Å². The number of azide groups is 1. The molecule has 0 spiro atoms. The first-order valence-electron chi connectivity index (χ1n) is 6.80. The lowest BCUT2D eigenvalue weighted by atomic mass is 10.1. The van der Waals surface area contributed by atoms with E-state index in [0.717, 1.165) is 16.8 Å². The Morgan fingerprint density at radius 3 is 2.91 bits per heavy atom. The Morgan fingerprint density at radius 2 is 2.30 bits per heavy atom. The zero-order valence-corrected chi connectivity index (χ0v) is 12.3. The Bertz CT molecular complexity index is 789. The summed E-state index contributed by atoms with van der Waals surface area (Å²) in [5, 5.41) is 12.8. The van der Waals surface area contributed by atoms with Crippen molar-refractivity contribution in [2.45, 2.75) is 31.7 Å². The number of hydrogen-bond acceptors (Lipinski definition) is 6. The maximum atomic E-state index is 12.4. The molecule has 0 saturated carbocycles. The number of allylic oxidation sites excluding steroid dienone is 1. The lowest BCUT2D eigenvalue weighted by Gasteiger charge is -2.16. The minimum Gasteiger partial charge on any atom is -0.394 e. The SMILES string of the molecule is Cc1cn([C@H]2C[C@H](N=[N+]=[N-])[C@@H](CO)O2)c(=O)n(C=CC=O)c1=O. The molecule has 0 aliphatic carbocycles. The number of rotatable bonds is 5. The van der Waals surface area contributed by atoms with E-state index in [0.29, 0.717) is 6.29 Å². The van der Waals surface area contributed by atoms with E-state index in [-0.39, 0.29) is 18.6 Å². The average Bonchev–Trinajstić information content (AvgIpc) is 2.94. The summed E-state index contributed by atoms with van der Waals surface area (Å²) in [5.74, 6) is 0. The molecule has 1 fully saturated rings. The van der Waals surface area contributed by atoms with Gasteiger partial charge in [0.1, 0.15) is 12.5 Å². The highest BCUT2D eigenvalue weighted by Gasteiger charge is 2.36. The number of ether oxygens (including phenoxy) is 1. The molecule has 0 radical (unpaired) electrons. The molecule has 1 aromatic heterocycles. The van der Waals surface area contributed by atoms with Gasteiger partial charge >= 0.3 is 5.69 Å². The van der Waals surface area contributed by atoms with E-state index in [2.05, 4.69) is 10.0 Å². The third-order valence-electron chi connectivity index (χ3n) is 3.52. The topological polar surface area (TPSA) is 139 Å². The Balaban J connectivity index is 2.49. The lowest BCUT2D eigenvalue weighted by molar-refractivity contribution is -0.104. The predicted octanol–water partition coefficient (Wildman–Crippen LogP) is -0.0533. The Labute approximate surface area is 129 Å². The summed E-state index contributed by atoms with van der Waals surface area (Å²) in [7, 11) is 0. The summed E-state index contributed by atoms with van der Waals surface area (Å²) in [6.45, 7) is 1.16. The number of hydrogen-bond donors (Lipinski definition) is 1. The molecule has 1 aromatic rings. The monoisotopic (exact) mass is 321 g/mol. The van der Waals surface area contributed by atoms with Gasteiger partial charge in [-0.3, -0.25) is 14.2 Å². The first kappa shape index (κ1) is 16.7. The number of aliphatic hydroxyl groups excluding tert-OH is 1. The highest BCUT2D eigenvalue weighted by Crippen LogP contribution is 2.29. The molecule has 3 atom stereocenters. The highest BCUT2D eigenvalue weighted by molar-refractivity contribution is 5.69. The van der Waals surface area contributed by atoms with E-state index < -0.39 is 29.6 Å². The van der Waals surface area contributed by atoms with Crippen LogP contribution in [0, 0.1) is 6.92 Å². The van der Waals surface area contributed by atoms with Gasteiger partial charge in [0.25, 0.3) is 5.56 Å². The van der Waals surface area contributed by atoms with E-state index in [1.54, 1.807) is 0 Å². The molecule has 0 amide bonds. The molecule has 2 rings (SSSR count). The summed E-state index contributed by atoms with van der Waals surface area (Å²) in [4.78, 5) is 37.5. The minimum absolute atomic E-state index is 0.185. The van der Waals surface area contributed by atoms with Crippen molar-refractivity contribution in [3.63, 3.8) is 0 Å². The Morgan fingerprint density at radius 1 is 1.57 bits per heavy atom. The van der Waals surface area contributed by atoms with Gasteiger partial charge in [-0.15, -0.1) is 0 Å². The number of aryl methyl sites for hydroxylation is 1. The molecule has 1 aliphatic rings. The zero-order valence-electron chi connectivity index (χ0n) is 12.3. The van der Waals surface area contributed by atoms with Gasteiger partial charge in [-0.1, -0.05) is 5.11 Å². The molecular weight excluding hydrogens is 306 g/mol. The van der Waals surface area contributed by atoms with Gasteiger partial charge in [-0.2, -0.15) is 0 Å². The maximum Gasteiger partial charge on any atom is 0.337 e. The minimum atomic E-state index is -0.787. The predicted molar refractivity (Wildman–Crippen MR) is 79.6 cm³/mol. The van der Waals surface area contributed by atoms with Crippen LogP contribution in [0.5, 0.6) is 0 Å². The van der Waals surface area contributed by atoms with Crippen molar-refractivity contribution in [1.82, 2.24) is 9.13 Å². The summed E-state index contributed by atoms with van der Waals surface area (Å²) in [6.07, 6.45) is 2.56. The molecule has 1 saturated heterocycles. The third-order valence-corrected chi connectivity index (χ3v) is 3.52. The van der Waals surface area contributed by atoms with E-state index in [9.17, 15) is 19.5 Å². The van der Waals surface area contributed by atoms with Crippen molar-refractivity contribution in [3.05, 3.63) is 49.1 Å². The summed E-state index contributed by atoms with van der Waals surface area (Å²) in [6, 6.07) is -0.617. The fourth-order valence-corrected chi connectivity index (χ4v) is 2.42. The van der Waals surface area contributed by atoms with Gasteiger partial charge in [0, 0.05) is 29.3 Å². The van der Waals surface area contributed by atoms with Gasteiger partial charge in [0.05, 0.1) is 18.8 Å². The molecule has 1 N–H and O–H groups in total. The van der Waals surface area contributed by atoms with Crippen LogP contribution in [0.4, 0.5) is 0 Å². The van der Waals surface area contributed by atoms with Crippen LogP contribution in [0.3, 0.4) is 0 Å². The van der Waals surface area contributed by atoms with Crippen molar-refractivity contribution in [2.75, 3.05) is 6.61 Å². The molecule has 10 heteroatoms. The molecule has 0 unspecified atom stereocenters. The van der Waals surface area contributed by atoms with E-state index >= 15 is 0 Å². The Hall–Kier alpha value is -2.68. The zero-order chi connectivity index (χ0) is 17.0. The Kier molecular flexibility index (Phi) is 5.12. The second-order valence-electron chi connectivity index (χ2n) is 4.97. The van der Waals surface area contributed by atoms with Crippen LogP contribution in [0.15, 0.2) is 27.0 Å². The van der Waals surface area contributed by atoms with Crippen molar-refractivity contribution >= 4 is 12.5 Å². The fraction of sp³-hybridized carbons (Fsp3) is 0.462.